The van der Waals surface area contributed by atoms with Crippen LogP contribution in [0.4, 0.5) is 4.39 Å². The van der Waals surface area contributed by atoms with Crippen LogP contribution in [0.5, 0.6) is 11.6 Å². The average molecular weight is 515 g/mol. The molecule has 0 radical (unpaired) electrons. The number of aliphatic imine (C=N–C) groups is 1. The molecule has 0 unspecified atom stereocenters. The Morgan fingerprint density at radius 3 is 2.62 bits per heavy atom. The van der Waals surface area contributed by atoms with E-state index in [2.05, 4.69) is 25.9 Å². The smallest absolute Gasteiger partial charge is 0.239 e. The number of benzene rings is 1. The molecule has 0 aliphatic carbocycles. The highest BCUT2D eigenvalue weighted by Crippen LogP contribution is 2.23. The molecule has 0 bridgehead atoms. The van der Waals surface area contributed by atoms with E-state index in [1.54, 1.807) is 31.4 Å². The predicted molar refractivity (Wildman–Crippen MR) is 122 cm³/mol. The summed E-state index contributed by atoms with van der Waals surface area (Å²) in [7, 11) is 1.62. The highest BCUT2D eigenvalue weighted by Gasteiger charge is 2.14. The van der Waals surface area contributed by atoms with Crippen molar-refractivity contribution in [1.29, 1.82) is 0 Å². The standard InChI is InChI=1S/C20H26FN5O2.HI/c1-20(2,3)26-17(27)13-25-19(22-4)24-12-14-7-6-10-23-18(14)28-16-9-5-8-15(21)11-16;/h5-11H,12-13H2,1-4H3,(H,26,27)(H2,22,24,25);1H. The van der Waals surface area contributed by atoms with E-state index in [0.29, 0.717) is 24.1 Å². The molecule has 0 aliphatic heterocycles. The topological polar surface area (TPSA) is 87.6 Å². The van der Waals surface area contributed by atoms with Crippen LogP contribution in [-0.2, 0) is 11.3 Å². The Kier molecular flexibility index (Phi) is 9.79. The number of rotatable bonds is 6. The number of nitrogens with one attached hydrogen (secondary N) is 3. The van der Waals surface area contributed by atoms with E-state index in [1.807, 2.05) is 26.8 Å². The van der Waals surface area contributed by atoms with E-state index in [4.69, 9.17) is 4.74 Å². The van der Waals surface area contributed by atoms with Crippen LogP contribution in [0.2, 0.25) is 0 Å². The second kappa shape index (κ2) is 11.5. The highest BCUT2D eigenvalue weighted by molar-refractivity contribution is 14.0. The van der Waals surface area contributed by atoms with Gasteiger partial charge in [0.15, 0.2) is 5.96 Å². The fraction of sp³-hybridized carbons (Fsp3) is 0.350. The van der Waals surface area contributed by atoms with Crippen molar-refractivity contribution in [3.8, 4) is 11.6 Å². The Labute approximate surface area is 187 Å². The monoisotopic (exact) mass is 515 g/mol. The number of hydrogen-bond donors (Lipinski definition) is 3. The first-order valence-electron chi connectivity index (χ1n) is 8.89. The van der Waals surface area contributed by atoms with Crippen molar-refractivity contribution in [2.45, 2.75) is 32.9 Å². The summed E-state index contributed by atoms with van der Waals surface area (Å²) in [6, 6.07) is 9.49. The summed E-state index contributed by atoms with van der Waals surface area (Å²) in [5.41, 5.74) is 0.461. The molecular formula is C20H27FIN5O2. The summed E-state index contributed by atoms with van der Waals surface area (Å²) in [5.74, 6) is 0.672. The molecular weight excluding hydrogens is 488 g/mol. The molecule has 1 aromatic carbocycles. The van der Waals surface area contributed by atoms with E-state index in [1.165, 1.54) is 12.1 Å². The first kappa shape index (κ1) is 24.6. The van der Waals surface area contributed by atoms with Crippen molar-refractivity contribution in [2.75, 3.05) is 13.6 Å². The van der Waals surface area contributed by atoms with E-state index < -0.39 is 0 Å². The minimum absolute atomic E-state index is 0. The molecule has 3 N–H and O–H groups in total. The molecule has 2 rings (SSSR count). The van der Waals surface area contributed by atoms with Crippen LogP contribution in [-0.4, -0.2) is 36.0 Å². The normalized spacial score (nSPS) is 11.3. The summed E-state index contributed by atoms with van der Waals surface area (Å²) in [5, 5.41) is 8.93. The number of aromatic nitrogens is 1. The van der Waals surface area contributed by atoms with Gasteiger partial charge in [0.1, 0.15) is 11.6 Å². The van der Waals surface area contributed by atoms with Crippen molar-refractivity contribution in [2.24, 2.45) is 4.99 Å². The lowest BCUT2D eigenvalue weighted by Crippen LogP contribution is -2.48. The zero-order valence-electron chi connectivity index (χ0n) is 17.0. The number of nitrogens with zero attached hydrogens (tertiary/aromatic N) is 2. The molecule has 0 saturated heterocycles. The van der Waals surface area contributed by atoms with Gasteiger partial charge in [0.25, 0.3) is 0 Å². The van der Waals surface area contributed by atoms with E-state index in [9.17, 15) is 9.18 Å². The fourth-order valence-electron chi connectivity index (χ4n) is 2.32. The maximum Gasteiger partial charge on any atom is 0.239 e. The Morgan fingerprint density at radius 2 is 1.97 bits per heavy atom. The molecule has 2 aromatic rings. The van der Waals surface area contributed by atoms with Gasteiger partial charge < -0.3 is 20.7 Å². The van der Waals surface area contributed by atoms with Gasteiger partial charge in [0.05, 0.1) is 6.54 Å². The number of guanidine groups is 1. The fourth-order valence-corrected chi connectivity index (χ4v) is 2.32. The third-order valence-electron chi connectivity index (χ3n) is 3.46. The number of pyridine rings is 1. The van der Waals surface area contributed by atoms with Crippen LogP contribution in [0.1, 0.15) is 26.3 Å². The van der Waals surface area contributed by atoms with Crippen LogP contribution in [0.3, 0.4) is 0 Å². The Balaban J connectivity index is 0.00000420. The van der Waals surface area contributed by atoms with Gasteiger partial charge in [-0.2, -0.15) is 0 Å². The second-order valence-corrected chi connectivity index (χ2v) is 7.10. The lowest BCUT2D eigenvalue weighted by atomic mass is 10.1. The van der Waals surface area contributed by atoms with Gasteiger partial charge in [-0.15, -0.1) is 24.0 Å². The molecule has 0 atom stereocenters. The zero-order valence-corrected chi connectivity index (χ0v) is 19.3. The van der Waals surface area contributed by atoms with Crippen LogP contribution in [0, 0.1) is 5.82 Å². The van der Waals surface area contributed by atoms with Gasteiger partial charge in [-0.05, 0) is 39.0 Å². The maximum absolute atomic E-state index is 13.4. The predicted octanol–water partition coefficient (Wildman–Crippen LogP) is 3.21. The Bertz CT molecular complexity index is 840. The molecule has 158 valence electrons. The van der Waals surface area contributed by atoms with Crippen molar-refractivity contribution >= 4 is 35.8 Å². The minimum atomic E-state index is -0.383. The summed E-state index contributed by atoms with van der Waals surface area (Å²) in [4.78, 5) is 20.2. The molecule has 1 heterocycles. The van der Waals surface area contributed by atoms with Crippen molar-refractivity contribution in [1.82, 2.24) is 20.9 Å². The molecule has 9 heteroatoms. The van der Waals surface area contributed by atoms with Gasteiger partial charge in [-0.3, -0.25) is 9.79 Å². The van der Waals surface area contributed by atoms with E-state index >= 15 is 0 Å². The largest absolute Gasteiger partial charge is 0.439 e. The van der Waals surface area contributed by atoms with Crippen LogP contribution in [0.25, 0.3) is 0 Å². The van der Waals surface area contributed by atoms with Gasteiger partial charge in [0, 0.05) is 37.0 Å². The average Bonchev–Trinajstić information content (AvgIpc) is 2.61. The Morgan fingerprint density at radius 1 is 1.21 bits per heavy atom. The zero-order chi connectivity index (χ0) is 20.6. The molecule has 1 amide bonds. The number of halogens is 2. The third kappa shape index (κ3) is 9.07. The van der Waals surface area contributed by atoms with Crippen LogP contribution in [0.15, 0.2) is 47.6 Å². The quantitative estimate of drug-likeness (QED) is 0.313. The highest BCUT2D eigenvalue weighted by atomic mass is 127. The summed E-state index contributed by atoms with van der Waals surface area (Å²) >= 11 is 0. The Hall–Kier alpha value is -2.43. The molecule has 0 fully saturated rings. The third-order valence-corrected chi connectivity index (χ3v) is 3.46. The second-order valence-electron chi connectivity index (χ2n) is 7.10. The van der Waals surface area contributed by atoms with Crippen LogP contribution >= 0.6 is 24.0 Å². The van der Waals surface area contributed by atoms with E-state index in [0.717, 1.165) is 5.56 Å². The first-order chi connectivity index (χ1) is 13.3. The lowest BCUT2D eigenvalue weighted by Gasteiger charge is -2.21. The SMILES string of the molecule is CN=C(NCC(=O)NC(C)(C)C)NCc1cccnc1Oc1cccc(F)c1.I. The van der Waals surface area contributed by atoms with E-state index in [-0.39, 0.29) is 47.8 Å². The van der Waals surface area contributed by atoms with Gasteiger partial charge >= 0.3 is 0 Å². The minimum Gasteiger partial charge on any atom is -0.439 e. The summed E-state index contributed by atoms with van der Waals surface area (Å²) in [6.07, 6.45) is 1.60. The summed E-state index contributed by atoms with van der Waals surface area (Å²) in [6.45, 7) is 6.21. The molecule has 7 nitrogen and oxygen atoms in total. The van der Waals surface area contributed by atoms with Crippen molar-refractivity contribution < 1.29 is 13.9 Å². The van der Waals surface area contributed by atoms with Crippen LogP contribution < -0.4 is 20.7 Å². The van der Waals surface area contributed by atoms with Gasteiger partial charge in [-0.25, -0.2) is 9.37 Å². The molecule has 1 aromatic heterocycles. The maximum atomic E-state index is 13.4. The lowest BCUT2D eigenvalue weighted by molar-refractivity contribution is -0.121. The van der Waals surface area contributed by atoms with Crippen molar-refractivity contribution in [3.63, 3.8) is 0 Å². The molecule has 29 heavy (non-hydrogen) atoms. The molecule has 0 aliphatic rings. The number of carbonyl (C=O) groups is 1. The number of carbonyl (C=O) groups excluding carboxylic acids is 1. The van der Waals surface area contributed by atoms with Gasteiger partial charge in [0.2, 0.25) is 11.8 Å². The molecule has 0 saturated carbocycles. The van der Waals surface area contributed by atoms with Crippen molar-refractivity contribution in [3.05, 3.63) is 54.0 Å². The molecule has 0 spiro atoms. The first-order valence-corrected chi connectivity index (χ1v) is 8.89. The number of amides is 1. The summed E-state index contributed by atoms with van der Waals surface area (Å²) < 4.78 is 19.0. The number of ether oxygens (including phenoxy) is 1. The van der Waals surface area contributed by atoms with Gasteiger partial charge in [-0.1, -0.05) is 12.1 Å². The number of hydrogen-bond acceptors (Lipinski definition) is 4.